The van der Waals surface area contributed by atoms with E-state index >= 15 is 0 Å². The molecule has 0 spiro atoms. The van der Waals surface area contributed by atoms with Crippen LogP contribution in [0.25, 0.3) is 0 Å². The number of nitrogens with zero attached hydrogens (tertiary/aromatic N) is 3. The first-order chi connectivity index (χ1) is 9.28. The quantitative estimate of drug-likeness (QED) is 0.833. The molecule has 2 aliphatic rings. The number of aromatic nitrogens is 1. The largest absolute Gasteiger partial charge is 0.480 e. The van der Waals surface area contributed by atoms with Gasteiger partial charge in [0.1, 0.15) is 5.69 Å². The van der Waals surface area contributed by atoms with E-state index in [1.165, 1.54) is 37.1 Å². The summed E-state index contributed by atoms with van der Waals surface area (Å²) in [4.78, 5) is 9.33. The second kappa shape index (κ2) is 5.37. The van der Waals surface area contributed by atoms with Crippen molar-refractivity contribution in [3.63, 3.8) is 0 Å². The Balaban J connectivity index is 1.85. The van der Waals surface area contributed by atoms with E-state index in [4.69, 9.17) is 4.74 Å². The van der Waals surface area contributed by atoms with E-state index in [0.29, 0.717) is 0 Å². The smallest absolute Gasteiger partial charge is 0.237 e. The summed E-state index contributed by atoms with van der Waals surface area (Å²) in [5.41, 5.74) is 2.57. The molecule has 0 radical (unpaired) electrons. The minimum Gasteiger partial charge on any atom is -0.480 e. The van der Waals surface area contributed by atoms with Gasteiger partial charge in [-0.25, -0.2) is 4.98 Å². The molecule has 0 unspecified atom stereocenters. The van der Waals surface area contributed by atoms with E-state index in [2.05, 4.69) is 27.9 Å². The molecule has 1 aromatic rings. The van der Waals surface area contributed by atoms with Crippen LogP contribution in [0.2, 0.25) is 0 Å². The summed E-state index contributed by atoms with van der Waals surface area (Å²) >= 11 is 0. The standard InChI is InChI=1S/C15H23N3O/c1-17-6-3-7-18(9-8-17)14-10-13(12-4-5-12)11-16-15(14)19-2/h10-12H,3-9H2,1-2H3. The summed E-state index contributed by atoms with van der Waals surface area (Å²) in [6.45, 7) is 4.44. The van der Waals surface area contributed by atoms with Gasteiger partial charge in [-0.1, -0.05) is 0 Å². The third kappa shape index (κ3) is 2.84. The van der Waals surface area contributed by atoms with Gasteiger partial charge in [0, 0.05) is 25.8 Å². The molecule has 0 amide bonds. The molecule has 0 atom stereocenters. The summed E-state index contributed by atoms with van der Waals surface area (Å²) in [6, 6.07) is 2.30. The molecule has 1 saturated carbocycles. The van der Waals surface area contributed by atoms with Crippen molar-refractivity contribution in [2.75, 3.05) is 45.2 Å². The zero-order valence-electron chi connectivity index (χ0n) is 11.9. The van der Waals surface area contributed by atoms with Gasteiger partial charge >= 0.3 is 0 Å². The van der Waals surface area contributed by atoms with Crippen LogP contribution in [0.1, 0.15) is 30.7 Å². The molecule has 0 bridgehead atoms. The third-order valence-electron chi connectivity index (χ3n) is 4.16. The van der Waals surface area contributed by atoms with Crippen molar-refractivity contribution >= 4 is 5.69 Å². The van der Waals surface area contributed by atoms with Crippen molar-refractivity contribution in [2.45, 2.75) is 25.2 Å². The Bertz CT molecular complexity index is 445. The Morgan fingerprint density at radius 3 is 2.79 bits per heavy atom. The number of hydrogen-bond acceptors (Lipinski definition) is 4. The summed E-state index contributed by atoms with van der Waals surface area (Å²) < 4.78 is 5.45. The Kier molecular flexibility index (Phi) is 3.60. The Hall–Kier alpha value is -1.29. The number of pyridine rings is 1. The predicted molar refractivity (Wildman–Crippen MR) is 77.1 cm³/mol. The normalized spacial score (nSPS) is 21.3. The summed E-state index contributed by atoms with van der Waals surface area (Å²) in [5.74, 6) is 1.51. The fourth-order valence-electron chi connectivity index (χ4n) is 2.77. The Labute approximate surface area is 115 Å². The maximum atomic E-state index is 5.45. The van der Waals surface area contributed by atoms with Crippen LogP contribution < -0.4 is 9.64 Å². The fraction of sp³-hybridized carbons (Fsp3) is 0.667. The van der Waals surface area contributed by atoms with E-state index in [1.54, 1.807) is 7.11 Å². The number of methoxy groups -OCH3 is 1. The van der Waals surface area contributed by atoms with Gasteiger partial charge in [-0.2, -0.15) is 0 Å². The van der Waals surface area contributed by atoms with Crippen molar-refractivity contribution in [1.29, 1.82) is 0 Å². The minimum atomic E-state index is 0.742. The van der Waals surface area contributed by atoms with Gasteiger partial charge in [-0.3, -0.25) is 0 Å². The number of rotatable bonds is 3. The van der Waals surface area contributed by atoms with Crippen LogP contribution in [0.15, 0.2) is 12.3 Å². The molecule has 1 aliphatic heterocycles. The molecule has 4 heteroatoms. The number of anilines is 1. The van der Waals surface area contributed by atoms with Crippen LogP contribution in [0.4, 0.5) is 5.69 Å². The first kappa shape index (κ1) is 12.7. The molecule has 104 valence electrons. The van der Waals surface area contributed by atoms with Gasteiger partial charge in [0.15, 0.2) is 0 Å². The molecule has 19 heavy (non-hydrogen) atoms. The maximum Gasteiger partial charge on any atom is 0.237 e. The van der Waals surface area contributed by atoms with Gasteiger partial charge < -0.3 is 14.5 Å². The zero-order valence-corrected chi connectivity index (χ0v) is 11.9. The lowest BCUT2D eigenvalue weighted by Gasteiger charge is -2.24. The lowest BCUT2D eigenvalue weighted by molar-refractivity contribution is 0.359. The van der Waals surface area contributed by atoms with Crippen LogP contribution in [-0.4, -0.2) is 50.2 Å². The molecule has 3 rings (SSSR count). The van der Waals surface area contributed by atoms with Gasteiger partial charge in [0.2, 0.25) is 5.88 Å². The van der Waals surface area contributed by atoms with Crippen molar-refractivity contribution in [1.82, 2.24) is 9.88 Å². The van der Waals surface area contributed by atoms with Crippen LogP contribution in [0, 0.1) is 0 Å². The highest BCUT2D eigenvalue weighted by Gasteiger charge is 2.26. The monoisotopic (exact) mass is 261 g/mol. The fourth-order valence-corrected chi connectivity index (χ4v) is 2.77. The molecule has 2 heterocycles. The summed E-state index contributed by atoms with van der Waals surface area (Å²) in [6.07, 6.45) is 5.82. The highest BCUT2D eigenvalue weighted by molar-refractivity contribution is 5.57. The number of likely N-dealkylation sites (N-methyl/N-ethyl adjacent to an activating group) is 1. The zero-order chi connectivity index (χ0) is 13.2. The first-order valence-corrected chi connectivity index (χ1v) is 7.25. The number of ether oxygens (including phenoxy) is 1. The molecular weight excluding hydrogens is 238 g/mol. The predicted octanol–water partition coefficient (Wildman–Crippen LogP) is 2.11. The van der Waals surface area contributed by atoms with Crippen LogP contribution >= 0.6 is 0 Å². The molecule has 2 fully saturated rings. The second-order valence-electron chi connectivity index (χ2n) is 5.72. The first-order valence-electron chi connectivity index (χ1n) is 7.25. The minimum absolute atomic E-state index is 0.742. The second-order valence-corrected chi connectivity index (χ2v) is 5.72. The van der Waals surface area contributed by atoms with Crippen LogP contribution in [0.3, 0.4) is 0 Å². The van der Waals surface area contributed by atoms with Gasteiger partial charge in [0.25, 0.3) is 0 Å². The molecule has 0 N–H and O–H groups in total. The Morgan fingerprint density at radius 1 is 1.21 bits per heavy atom. The van der Waals surface area contributed by atoms with Gasteiger partial charge in [0.05, 0.1) is 7.11 Å². The highest BCUT2D eigenvalue weighted by Crippen LogP contribution is 2.42. The van der Waals surface area contributed by atoms with Crippen LogP contribution in [0.5, 0.6) is 5.88 Å². The van der Waals surface area contributed by atoms with Crippen molar-refractivity contribution in [3.05, 3.63) is 17.8 Å². The van der Waals surface area contributed by atoms with E-state index in [1.807, 2.05) is 6.20 Å². The average Bonchev–Trinajstić information content (AvgIpc) is 3.25. The van der Waals surface area contributed by atoms with Crippen LogP contribution in [-0.2, 0) is 0 Å². The summed E-state index contributed by atoms with van der Waals surface area (Å²) in [7, 11) is 3.91. The lowest BCUT2D eigenvalue weighted by atomic mass is 10.1. The molecule has 1 aliphatic carbocycles. The molecule has 1 aromatic heterocycles. The lowest BCUT2D eigenvalue weighted by Crippen LogP contribution is -2.29. The van der Waals surface area contributed by atoms with Gasteiger partial charge in [-0.15, -0.1) is 0 Å². The Morgan fingerprint density at radius 2 is 2.05 bits per heavy atom. The third-order valence-corrected chi connectivity index (χ3v) is 4.16. The van der Waals surface area contributed by atoms with E-state index in [9.17, 15) is 0 Å². The van der Waals surface area contributed by atoms with Gasteiger partial charge in [-0.05, 0) is 50.4 Å². The van der Waals surface area contributed by atoms with E-state index in [0.717, 1.165) is 31.4 Å². The summed E-state index contributed by atoms with van der Waals surface area (Å²) in [5, 5.41) is 0. The molecule has 1 saturated heterocycles. The van der Waals surface area contributed by atoms with E-state index < -0.39 is 0 Å². The topological polar surface area (TPSA) is 28.6 Å². The molecule has 4 nitrogen and oxygen atoms in total. The van der Waals surface area contributed by atoms with E-state index in [-0.39, 0.29) is 0 Å². The number of hydrogen-bond donors (Lipinski definition) is 0. The highest BCUT2D eigenvalue weighted by atomic mass is 16.5. The van der Waals surface area contributed by atoms with Crippen molar-refractivity contribution in [2.24, 2.45) is 0 Å². The van der Waals surface area contributed by atoms with Crippen molar-refractivity contribution in [3.8, 4) is 5.88 Å². The SMILES string of the molecule is COc1ncc(C2CC2)cc1N1CCCN(C)CC1. The molecular formula is C15H23N3O. The van der Waals surface area contributed by atoms with Crippen molar-refractivity contribution < 1.29 is 4.74 Å². The average molecular weight is 261 g/mol. The molecule has 0 aromatic carbocycles. The maximum absolute atomic E-state index is 5.45.